The fraction of sp³-hybridized carbons (Fsp3) is 0.350. The normalized spacial score (nSPS) is 16.2. The molecule has 136 valence electrons. The molecule has 2 aromatic rings. The highest BCUT2D eigenvalue weighted by Crippen LogP contribution is 2.16. The summed E-state index contributed by atoms with van der Waals surface area (Å²) in [4.78, 5) is 32.7. The summed E-state index contributed by atoms with van der Waals surface area (Å²) in [6.45, 7) is 6.78. The monoisotopic (exact) mass is 352 g/mol. The first-order valence-corrected chi connectivity index (χ1v) is 8.86. The lowest BCUT2D eigenvalue weighted by atomic mass is 10.1. The number of benzene rings is 1. The van der Waals surface area contributed by atoms with Crippen LogP contribution >= 0.6 is 0 Å². The Bertz CT molecular complexity index is 753. The van der Waals surface area contributed by atoms with Crippen LogP contribution in [0.1, 0.15) is 24.2 Å². The number of hydrogen-bond donors (Lipinski definition) is 1. The molecule has 26 heavy (non-hydrogen) atoms. The Morgan fingerprint density at radius 1 is 1.04 bits per heavy atom. The van der Waals surface area contributed by atoms with Crippen LogP contribution in [-0.4, -0.2) is 53.8 Å². The smallest absolute Gasteiger partial charge is 0.241 e. The minimum Gasteiger partial charge on any atom is -0.354 e. The van der Waals surface area contributed by atoms with Crippen LogP contribution in [0.25, 0.3) is 0 Å². The topological polar surface area (TPSA) is 65.5 Å². The SMILES string of the molecule is CC(=O)c1ccc(NC(=O)[C@H](C)N2CCN(c3ccccn3)CC2)cc1. The van der Waals surface area contributed by atoms with Crippen LogP contribution in [0.5, 0.6) is 0 Å². The Hall–Kier alpha value is -2.73. The molecule has 0 bridgehead atoms. The van der Waals surface area contributed by atoms with Crippen molar-refractivity contribution in [1.29, 1.82) is 0 Å². The number of piperazine rings is 1. The van der Waals surface area contributed by atoms with Crippen molar-refractivity contribution in [3.63, 3.8) is 0 Å². The number of nitrogens with zero attached hydrogens (tertiary/aromatic N) is 3. The van der Waals surface area contributed by atoms with Gasteiger partial charge in [0.05, 0.1) is 6.04 Å². The Kier molecular flexibility index (Phi) is 5.63. The van der Waals surface area contributed by atoms with Crippen molar-refractivity contribution in [1.82, 2.24) is 9.88 Å². The molecule has 0 unspecified atom stereocenters. The highest BCUT2D eigenvalue weighted by atomic mass is 16.2. The first-order valence-electron chi connectivity index (χ1n) is 8.86. The first-order chi connectivity index (χ1) is 12.5. The molecule has 1 aromatic carbocycles. The van der Waals surface area contributed by atoms with Gasteiger partial charge >= 0.3 is 0 Å². The van der Waals surface area contributed by atoms with Gasteiger partial charge in [0.25, 0.3) is 0 Å². The lowest BCUT2D eigenvalue weighted by molar-refractivity contribution is -0.120. The predicted octanol–water partition coefficient (Wildman–Crippen LogP) is 2.43. The fourth-order valence-electron chi connectivity index (χ4n) is 3.08. The van der Waals surface area contributed by atoms with Gasteiger partial charge in [-0.05, 0) is 50.2 Å². The average Bonchev–Trinajstić information content (AvgIpc) is 2.68. The molecule has 1 N–H and O–H groups in total. The maximum atomic E-state index is 12.5. The van der Waals surface area contributed by atoms with Gasteiger partial charge in [-0.2, -0.15) is 0 Å². The molecule has 1 aliphatic rings. The summed E-state index contributed by atoms with van der Waals surface area (Å²) in [7, 11) is 0. The summed E-state index contributed by atoms with van der Waals surface area (Å²) in [6.07, 6.45) is 1.80. The molecule has 6 heteroatoms. The van der Waals surface area contributed by atoms with Gasteiger partial charge in [-0.25, -0.2) is 4.98 Å². The van der Waals surface area contributed by atoms with Crippen LogP contribution < -0.4 is 10.2 Å². The van der Waals surface area contributed by atoms with Crippen LogP contribution in [0, 0.1) is 0 Å². The Labute approximate surface area is 153 Å². The number of anilines is 2. The summed E-state index contributed by atoms with van der Waals surface area (Å²) in [5, 5.41) is 2.93. The van der Waals surface area contributed by atoms with Gasteiger partial charge in [-0.3, -0.25) is 14.5 Å². The number of Topliss-reactive ketones (excluding diaryl/α,β-unsaturated/α-hetero) is 1. The van der Waals surface area contributed by atoms with E-state index < -0.39 is 0 Å². The van der Waals surface area contributed by atoms with Crippen LogP contribution in [-0.2, 0) is 4.79 Å². The number of aromatic nitrogens is 1. The molecule has 0 saturated carbocycles. The number of carbonyl (C=O) groups is 2. The molecule has 6 nitrogen and oxygen atoms in total. The molecular formula is C20H24N4O2. The highest BCUT2D eigenvalue weighted by molar-refractivity contribution is 5.97. The van der Waals surface area contributed by atoms with Crippen molar-refractivity contribution in [2.45, 2.75) is 19.9 Å². The van der Waals surface area contributed by atoms with Gasteiger partial charge in [-0.1, -0.05) is 6.07 Å². The third-order valence-electron chi connectivity index (χ3n) is 4.77. The number of pyridine rings is 1. The number of rotatable bonds is 5. The summed E-state index contributed by atoms with van der Waals surface area (Å²) in [6, 6.07) is 12.7. The summed E-state index contributed by atoms with van der Waals surface area (Å²) in [5.41, 5.74) is 1.35. The predicted molar refractivity (Wildman–Crippen MR) is 103 cm³/mol. The van der Waals surface area contributed by atoms with Crippen LogP contribution in [0.15, 0.2) is 48.7 Å². The molecule has 2 heterocycles. The van der Waals surface area contributed by atoms with Gasteiger partial charge in [0.15, 0.2) is 5.78 Å². The Morgan fingerprint density at radius 3 is 2.31 bits per heavy atom. The van der Waals surface area contributed by atoms with Crippen LogP contribution in [0.4, 0.5) is 11.5 Å². The quantitative estimate of drug-likeness (QED) is 0.837. The first kappa shape index (κ1) is 18.1. The van der Waals surface area contributed by atoms with E-state index in [0.717, 1.165) is 32.0 Å². The van der Waals surface area contributed by atoms with Crippen molar-refractivity contribution in [3.8, 4) is 0 Å². The number of ketones is 1. The zero-order valence-electron chi connectivity index (χ0n) is 15.2. The minimum absolute atomic E-state index is 0.0158. The van der Waals surface area contributed by atoms with Crippen molar-refractivity contribution in [2.75, 3.05) is 36.4 Å². The largest absolute Gasteiger partial charge is 0.354 e. The number of nitrogens with one attached hydrogen (secondary N) is 1. The second kappa shape index (κ2) is 8.10. The lowest BCUT2D eigenvalue weighted by Gasteiger charge is -2.37. The highest BCUT2D eigenvalue weighted by Gasteiger charge is 2.26. The van der Waals surface area contributed by atoms with E-state index in [1.165, 1.54) is 6.92 Å². The molecule has 1 aliphatic heterocycles. The van der Waals surface area contributed by atoms with Gasteiger partial charge in [-0.15, -0.1) is 0 Å². The van der Waals surface area contributed by atoms with E-state index in [1.807, 2.05) is 25.1 Å². The zero-order chi connectivity index (χ0) is 18.5. The van der Waals surface area contributed by atoms with Crippen molar-refractivity contribution in [2.24, 2.45) is 0 Å². The lowest BCUT2D eigenvalue weighted by Crippen LogP contribution is -2.53. The van der Waals surface area contributed by atoms with E-state index in [9.17, 15) is 9.59 Å². The van der Waals surface area contributed by atoms with Gasteiger partial charge < -0.3 is 10.2 Å². The second-order valence-corrected chi connectivity index (χ2v) is 6.51. The molecule has 0 aliphatic carbocycles. The van der Waals surface area contributed by atoms with Gasteiger partial charge in [0, 0.05) is 43.6 Å². The van der Waals surface area contributed by atoms with E-state index in [4.69, 9.17) is 0 Å². The van der Waals surface area contributed by atoms with Crippen molar-refractivity contribution >= 4 is 23.2 Å². The molecule has 1 atom stereocenters. The summed E-state index contributed by atoms with van der Waals surface area (Å²) >= 11 is 0. The molecule has 1 amide bonds. The maximum absolute atomic E-state index is 12.5. The molecule has 0 spiro atoms. The zero-order valence-corrected chi connectivity index (χ0v) is 15.2. The fourth-order valence-corrected chi connectivity index (χ4v) is 3.08. The van der Waals surface area contributed by atoms with Crippen molar-refractivity contribution in [3.05, 3.63) is 54.2 Å². The van der Waals surface area contributed by atoms with E-state index in [-0.39, 0.29) is 17.7 Å². The summed E-state index contributed by atoms with van der Waals surface area (Å²) in [5.74, 6) is 0.962. The maximum Gasteiger partial charge on any atom is 0.241 e. The van der Waals surface area contributed by atoms with Crippen molar-refractivity contribution < 1.29 is 9.59 Å². The van der Waals surface area contributed by atoms with E-state index in [1.54, 1.807) is 30.5 Å². The summed E-state index contributed by atoms with van der Waals surface area (Å²) < 4.78 is 0. The van der Waals surface area contributed by atoms with Gasteiger partial charge in [0.2, 0.25) is 5.91 Å². The molecule has 3 rings (SSSR count). The Balaban J connectivity index is 1.53. The van der Waals surface area contributed by atoms with E-state index in [2.05, 4.69) is 20.1 Å². The second-order valence-electron chi connectivity index (χ2n) is 6.51. The average molecular weight is 352 g/mol. The molecule has 1 saturated heterocycles. The van der Waals surface area contributed by atoms with Crippen LogP contribution in [0.2, 0.25) is 0 Å². The van der Waals surface area contributed by atoms with Crippen LogP contribution in [0.3, 0.4) is 0 Å². The Morgan fingerprint density at radius 2 is 1.73 bits per heavy atom. The molecule has 0 radical (unpaired) electrons. The van der Waals surface area contributed by atoms with E-state index >= 15 is 0 Å². The minimum atomic E-state index is -0.214. The molecule has 1 fully saturated rings. The third kappa shape index (κ3) is 4.26. The molecule has 1 aromatic heterocycles. The van der Waals surface area contributed by atoms with Gasteiger partial charge in [0.1, 0.15) is 5.82 Å². The number of hydrogen-bond acceptors (Lipinski definition) is 5. The standard InChI is InChI=1S/C20H24N4O2/c1-15(20(26)22-18-8-6-17(7-9-18)16(2)25)23-11-13-24(14-12-23)19-5-3-4-10-21-19/h3-10,15H,11-14H2,1-2H3,(H,22,26)/t15-/m0/s1. The molecular weight excluding hydrogens is 328 g/mol. The number of carbonyl (C=O) groups excluding carboxylic acids is 2. The van der Waals surface area contributed by atoms with E-state index in [0.29, 0.717) is 11.3 Å². The number of amides is 1. The third-order valence-corrected chi connectivity index (χ3v) is 4.77.